The molecule has 1 aromatic heterocycles. The number of nitrogens with one attached hydrogen (secondary N) is 2. The fourth-order valence-electron chi connectivity index (χ4n) is 2.08. The molecule has 0 fully saturated rings. The zero-order chi connectivity index (χ0) is 15.8. The van der Waals surface area contributed by atoms with Gasteiger partial charge in [0.05, 0.1) is 12.2 Å². The number of benzene rings is 1. The maximum Gasteiger partial charge on any atom is 0.194 e. The topological polar surface area (TPSA) is 56.3 Å². The second kappa shape index (κ2) is 8.48. The first-order valence-corrected chi connectivity index (χ1v) is 8.56. The van der Waals surface area contributed by atoms with E-state index < -0.39 is 0 Å². The van der Waals surface area contributed by atoms with Gasteiger partial charge in [-0.05, 0) is 36.9 Å². The molecule has 0 amide bonds. The molecule has 0 radical (unpaired) electrons. The zero-order valence-electron chi connectivity index (χ0n) is 13.3. The number of hydrogen-bond acceptors (Lipinski definition) is 3. The lowest BCUT2D eigenvalue weighted by Crippen LogP contribution is -2.38. The van der Waals surface area contributed by atoms with Gasteiger partial charge in [-0.25, -0.2) is 4.99 Å². The van der Waals surface area contributed by atoms with Crippen LogP contribution in [0, 0.1) is 0 Å². The number of rotatable bonds is 6. The summed E-state index contributed by atoms with van der Waals surface area (Å²) in [6, 6.07) is 10.6. The van der Waals surface area contributed by atoms with Crippen molar-refractivity contribution in [2.45, 2.75) is 24.9 Å². The molecule has 0 aliphatic rings. The fraction of sp³-hybridized carbons (Fsp3) is 0.375. The molecule has 0 saturated carbocycles. The van der Waals surface area contributed by atoms with E-state index in [0.717, 1.165) is 24.7 Å². The van der Waals surface area contributed by atoms with Crippen molar-refractivity contribution in [3.63, 3.8) is 0 Å². The average Bonchev–Trinajstić information content (AvgIpc) is 3.05. The van der Waals surface area contributed by atoms with E-state index >= 15 is 0 Å². The molecular weight excluding hydrogens is 294 g/mol. The zero-order valence-corrected chi connectivity index (χ0v) is 14.2. The highest BCUT2D eigenvalue weighted by Crippen LogP contribution is 2.15. The lowest BCUT2D eigenvalue weighted by atomic mass is 10.2. The van der Waals surface area contributed by atoms with Crippen LogP contribution in [0.4, 0.5) is 0 Å². The molecule has 0 aliphatic carbocycles. The van der Waals surface area contributed by atoms with Crippen LogP contribution >= 0.6 is 11.8 Å². The van der Waals surface area contributed by atoms with Crippen LogP contribution < -0.4 is 5.32 Å². The number of guanidine groups is 1. The van der Waals surface area contributed by atoms with Gasteiger partial charge >= 0.3 is 0 Å². The maximum atomic E-state index is 4.64. The summed E-state index contributed by atoms with van der Waals surface area (Å²) in [4.78, 5) is 8.06. The molecule has 0 unspecified atom stereocenters. The van der Waals surface area contributed by atoms with Gasteiger partial charge in [0.1, 0.15) is 0 Å². The molecule has 0 saturated heterocycles. The summed E-state index contributed by atoms with van der Waals surface area (Å²) in [6.45, 7) is 4.34. The Balaban J connectivity index is 2.01. The molecular formula is C16H23N5S. The number of H-pyrrole nitrogens is 1. The molecule has 22 heavy (non-hydrogen) atoms. The standard InChI is InChI=1S/C16H23N5S/c1-4-17-16(18-11-14-9-10-19-20-14)21(2)12-13-5-7-15(22-3)8-6-13/h5-10H,4,11-12H2,1-3H3,(H,17,18)(H,19,20). The van der Waals surface area contributed by atoms with Crippen LogP contribution in [-0.2, 0) is 13.1 Å². The lowest BCUT2D eigenvalue weighted by Gasteiger charge is -2.22. The van der Waals surface area contributed by atoms with E-state index in [-0.39, 0.29) is 0 Å². The summed E-state index contributed by atoms with van der Waals surface area (Å²) >= 11 is 1.76. The van der Waals surface area contributed by atoms with E-state index in [4.69, 9.17) is 0 Å². The minimum absolute atomic E-state index is 0.595. The van der Waals surface area contributed by atoms with Gasteiger partial charge < -0.3 is 10.2 Å². The van der Waals surface area contributed by atoms with Gasteiger partial charge in [0.2, 0.25) is 0 Å². The summed E-state index contributed by atoms with van der Waals surface area (Å²) in [5, 5.41) is 10.2. The van der Waals surface area contributed by atoms with Crippen molar-refractivity contribution in [2.24, 2.45) is 4.99 Å². The molecule has 6 heteroatoms. The summed E-state index contributed by atoms with van der Waals surface area (Å²) in [5.74, 6) is 0.894. The Hall–Kier alpha value is -1.95. The van der Waals surface area contributed by atoms with Crippen molar-refractivity contribution in [3.8, 4) is 0 Å². The van der Waals surface area contributed by atoms with Crippen molar-refractivity contribution in [1.29, 1.82) is 0 Å². The van der Waals surface area contributed by atoms with Crippen LogP contribution in [0.3, 0.4) is 0 Å². The highest BCUT2D eigenvalue weighted by atomic mass is 32.2. The SMILES string of the molecule is CCNC(=NCc1ccn[nH]1)N(C)Cc1ccc(SC)cc1. The summed E-state index contributed by atoms with van der Waals surface area (Å²) in [7, 11) is 2.05. The lowest BCUT2D eigenvalue weighted by molar-refractivity contribution is 0.476. The largest absolute Gasteiger partial charge is 0.357 e. The predicted molar refractivity (Wildman–Crippen MR) is 93.1 cm³/mol. The first kappa shape index (κ1) is 16.4. The van der Waals surface area contributed by atoms with Crippen LogP contribution in [0.2, 0.25) is 0 Å². The Morgan fingerprint density at radius 1 is 1.32 bits per heavy atom. The summed E-state index contributed by atoms with van der Waals surface area (Å²) < 4.78 is 0. The number of aromatic nitrogens is 2. The third-order valence-corrected chi connectivity index (χ3v) is 3.98. The van der Waals surface area contributed by atoms with E-state index in [9.17, 15) is 0 Å². The van der Waals surface area contributed by atoms with E-state index in [1.165, 1.54) is 10.5 Å². The highest BCUT2D eigenvalue weighted by Gasteiger charge is 2.06. The Morgan fingerprint density at radius 2 is 2.09 bits per heavy atom. The molecule has 2 rings (SSSR count). The Morgan fingerprint density at radius 3 is 2.68 bits per heavy atom. The molecule has 5 nitrogen and oxygen atoms in total. The maximum absolute atomic E-state index is 4.64. The highest BCUT2D eigenvalue weighted by molar-refractivity contribution is 7.98. The smallest absolute Gasteiger partial charge is 0.194 e. The molecule has 0 aliphatic heterocycles. The van der Waals surface area contributed by atoms with Crippen LogP contribution in [0.25, 0.3) is 0 Å². The molecule has 1 aromatic carbocycles. The molecule has 0 spiro atoms. The van der Waals surface area contributed by atoms with E-state index in [1.807, 2.05) is 6.07 Å². The summed E-state index contributed by atoms with van der Waals surface area (Å²) in [5.41, 5.74) is 2.28. The van der Waals surface area contributed by atoms with Crippen molar-refractivity contribution < 1.29 is 0 Å². The van der Waals surface area contributed by atoms with Crippen molar-refractivity contribution in [3.05, 3.63) is 47.8 Å². The number of aliphatic imine (C=N–C) groups is 1. The van der Waals surface area contributed by atoms with Crippen LogP contribution in [0.15, 0.2) is 46.4 Å². The quantitative estimate of drug-likeness (QED) is 0.489. The monoisotopic (exact) mass is 317 g/mol. The Labute approximate surface area is 136 Å². The predicted octanol–water partition coefficient (Wildman–Crippen LogP) is 2.73. The van der Waals surface area contributed by atoms with Gasteiger partial charge in [-0.1, -0.05) is 12.1 Å². The summed E-state index contributed by atoms with van der Waals surface area (Å²) in [6.07, 6.45) is 3.83. The van der Waals surface area contributed by atoms with Crippen molar-refractivity contribution in [1.82, 2.24) is 20.4 Å². The molecule has 1 heterocycles. The molecule has 2 N–H and O–H groups in total. The van der Waals surface area contributed by atoms with Gasteiger partial charge in [0, 0.05) is 31.2 Å². The Bertz CT molecular complexity index is 577. The van der Waals surface area contributed by atoms with Gasteiger partial charge in [-0.3, -0.25) is 5.10 Å². The van der Waals surface area contributed by atoms with Gasteiger partial charge in [-0.15, -0.1) is 11.8 Å². The Kier molecular flexibility index (Phi) is 6.33. The first-order chi connectivity index (χ1) is 10.7. The third-order valence-electron chi connectivity index (χ3n) is 3.23. The molecule has 118 valence electrons. The number of nitrogens with zero attached hydrogens (tertiary/aromatic N) is 3. The van der Waals surface area contributed by atoms with Crippen molar-refractivity contribution in [2.75, 3.05) is 19.8 Å². The second-order valence-corrected chi connectivity index (χ2v) is 5.84. The van der Waals surface area contributed by atoms with Crippen LogP contribution in [-0.4, -0.2) is 40.9 Å². The van der Waals surface area contributed by atoms with Crippen LogP contribution in [0.5, 0.6) is 0 Å². The normalized spacial score (nSPS) is 11.5. The first-order valence-electron chi connectivity index (χ1n) is 7.33. The number of hydrogen-bond donors (Lipinski definition) is 2. The number of aromatic amines is 1. The average molecular weight is 317 g/mol. The molecule has 0 atom stereocenters. The van der Waals surface area contributed by atoms with Gasteiger partial charge in [-0.2, -0.15) is 5.10 Å². The van der Waals surface area contributed by atoms with E-state index in [2.05, 4.69) is 69.9 Å². The van der Waals surface area contributed by atoms with E-state index in [0.29, 0.717) is 6.54 Å². The third kappa shape index (κ3) is 4.80. The minimum atomic E-state index is 0.595. The van der Waals surface area contributed by atoms with E-state index in [1.54, 1.807) is 18.0 Å². The minimum Gasteiger partial charge on any atom is -0.357 e. The fourth-order valence-corrected chi connectivity index (χ4v) is 2.49. The number of thioether (sulfide) groups is 1. The van der Waals surface area contributed by atoms with Gasteiger partial charge in [0.15, 0.2) is 5.96 Å². The van der Waals surface area contributed by atoms with Crippen LogP contribution in [0.1, 0.15) is 18.2 Å². The second-order valence-electron chi connectivity index (χ2n) is 4.96. The van der Waals surface area contributed by atoms with Crippen molar-refractivity contribution >= 4 is 17.7 Å². The van der Waals surface area contributed by atoms with Gasteiger partial charge in [0.25, 0.3) is 0 Å². The molecule has 0 bridgehead atoms. The molecule has 2 aromatic rings.